The average molecular weight is 278 g/mol. The highest BCUT2D eigenvalue weighted by atomic mass is 16.5. The summed E-state index contributed by atoms with van der Waals surface area (Å²) in [6.45, 7) is 5.97. The molecule has 20 heavy (non-hydrogen) atoms. The van der Waals surface area contributed by atoms with E-state index in [0.29, 0.717) is 12.5 Å². The lowest BCUT2D eigenvalue weighted by atomic mass is 9.93. The molecule has 0 heterocycles. The number of aliphatic imine (C=N–C) groups is 1. The first-order chi connectivity index (χ1) is 9.34. The van der Waals surface area contributed by atoms with Crippen molar-refractivity contribution in [2.24, 2.45) is 16.1 Å². The highest BCUT2D eigenvalue weighted by molar-refractivity contribution is 5.93. The van der Waals surface area contributed by atoms with Gasteiger partial charge >= 0.3 is 0 Å². The number of benzene rings is 1. The maximum Gasteiger partial charge on any atom is 0.193 e. The summed E-state index contributed by atoms with van der Waals surface area (Å²) in [6, 6.07) is 7.63. The molecule has 0 radical (unpaired) electrons. The van der Waals surface area contributed by atoms with Crippen LogP contribution >= 0.6 is 0 Å². The highest BCUT2D eigenvalue weighted by Crippen LogP contribution is 2.22. The van der Waals surface area contributed by atoms with E-state index in [1.807, 2.05) is 24.3 Å². The maximum atomic E-state index is 5.94. The van der Waals surface area contributed by atoms with Crippen molar-refractivity contribution in [3.05, 3.63) is 24.3 Å². The lowest BCUT2D eigenvalue weighted by molar-refractivity contribution is 0.249. The van der Waals surface area contributed by atoms with Crippen molar-refractivity contribution in [1.82, 2.24) is 4.90 Å². The van der Waals surface area contributed by atoms with Crippen LogP contribution in [0.3, 0.4) is 0 Å². The summed E-state index contributed by atoms with van der Waals surface area (Å²) in [7, 11) is 5.75. The normalized spacial score (nSPS) is 12.6. The molecule has 5 nitrogen and oxygen atoms in total. The van der Waals surface area contributed by atoms with Gasteiger partial charge < -0.3 is 20.7 Å². The molecule has 112 valence electrons. The van der Waals surface area contributed by atoms with E-state index in [1.54, 1.807) is 7.11 Å². The van der Waals surface area contributed by atoms with Crippen molar-refractivity contribution in [1.29, 1.82) is 0 Å². The van der Waals surface area contributed by atoms with Crippen LogP contribution < -0.4 is 15.8 Å². The van der Waals surface area contributed by atoms with E-state index in [0.717, 1.165) is 18.0 Å². The Balaban J connectivity index is 2.66. The van der Waals surface area contributed by atoms with E-state index in [4.69, 9.17) is 10.5 Å². The van der Waals surface area contributed by atoms with Gasteiger partial charge in [0.05, 0.1) is 12.8 Å². The number of ether oxygens (including phenoxy) is 1. The summed E-state index contributed by atoms with van der Waals surface area (Å²) >= 11 is 0. The Morgan fingerprint density at radius 3 is 2.60 bits per heavy atom. The molecule has 1 aromatic carbocycles. The van der Waals surface area contributed by atoms with Crippen LogP contribution in [0.25, 0.3) is 0 Å². The van der Waals surface area contributed by atoms with Gasteiger partial charge in [-0.05, 0) is 31.6 Å². The monoisotopic (exact) mass is 278 g/mol. The van der Waals surface area contributed by atoms with Crippen LogP contribution in [0, 0.1) is 5.41 Å². The third-order valence-electron chi connectivity index (χ3n) is 2.79. The number of guanidine groups is 1. The van der Waals surface area contributed by atoms with E-state index in [-0.39, 0.29) is 5.41 Å². The predicted octanol–water partition coefficient (Wildman–Crippen LogP) is 2.01. The molecule has 0 amide bonds. The zero-order chi connectivity index (χ0) is 15.2. The number of methoxy groups -OCH3 is 1. The van der Waals surface area contributed by atoms with Crippen molar-refractivity contribution in [2.45, 2.75) is 13.8 Å². The van der Waals surface area contributed by atoms with E-state index in [9.17, 15) is 0 Å². The Morgan fingerprint density at radius 1 is 1.35 bits per heavy atom. The lowest BCUT2D eigenvalue weighted by Crippen LogP contribution is -2.33. The SMILES string of the molecule is COc1ccccc1NC(N)=NCC(C)(C)CN(C)C. The lowest BCUT2D eigenvalue weighted by Gasteiger charge is -2.26. The van der Waals surface area contributed by atoms with Crippen molar-refractivity contribution >= 4 is 11.6 Å². The molecule has 0 bridgehead atoms. The smallest absolute Gasteiger partial charge is 0.193 e. The van der Waals surface area contributed by atoms with Gasteiger partial charge in [0.1, 0.15) is 5.75 Å². The van der Waals surface area contributed by atoms with Gasteiger partial charge in [-0.25, -0.2) is 0 Å². The van der Waals surface area contributed by atoms with Gasteiger partial charge in [-0.3, -0.25) is 4.99 Å². The number of hydrogen-bond donors (Lipinski definition) is 2. The van der Waals surface area contributed by atoms with Gasteiger partial charge in [0.15, 0.2) is 5.96 Å². The molecule has 0 spiro atoms. The molecule has 0 unspecified atom stereocenters. The van der Waals surface area contributed by atoms with E-state index < -0.39 is 0 Å². The summed E-state index contributed by atoms with van der Waals surface area (Å²) in [6.07, 6.45) is 0. The zero-order valence-electron chi connectivity index (χ0n) is 13.1. The van der Waals surface area contributed by atoms with Crippen molar-refractivity contribution in [3.63, 3.8) is 0 Å². The van der Waals surface area contributed by atoms with E-state index in [2.05, 4.69) is 43.2 Å². The summed E-state index contributed by atoms with van der Waals surface area (Å²) in [5.41, 5.74) is 6.84. The minimum Gasteiger partial charge on any atom is -0.495 e. The number of anilines is 1. The van der Waals surface area contributed by atoms with Crippen LogP contribution in [0.4, 0.5) is 5.69 Å². The van der Waals surface area contributed by atoms with Crippen LogP contribution in [-0.2, 0) is 0 Å². The summed E-state index contributed by atoms with van der Waals surface area (Å²) in [5, 5.41) is 3.08. The second-order valence-corrected chi connectivity index (χ2v) is 5.93. The third-order valence-corrected chi connectivity index (χ3v) is 2.79. The Labute approximate surface area is 121 Å². The van der Waals surface area contributed by atoms with E-state index >= 15 is 0 Å². The van der Waals surface area contributed by atoms with Gasteiger partial charge in [0.2, 0.25) is 0 Å². The van der Waals surface area contributed by atoms with Crippen molar-refractivity contribution in [2.75, 3.05) is 39.6 Å². The summed E-state index contributed by atoms with van der Waals surface area (Å²) in [4.78, 5) is 6.57. The fraction of sp³-hybridized carbons (Fsp3) is 0.533. The largest absolute Gasteiger partial charge is 0.495 e. The first-order valence-electron chi connectivity index (χ1n) is 6.69. The molecule has 0 saturated heterocycles. The van der Waals surface area contributed by atoms with Gasteiger partial charge in [-0.1, -0.05) is 26.0 Å². The molecule has 1 aromatic rings. The fourth-order valence-electron chi connectivity index (χ4n) is 2.13. The number of nitrogens with one attached hydrogen (secondary N) is 1. The molecule has 0 aliphatic heterocycles. The van der Waals surface area contributed by atoms with Crippen LogP contribution in [0.2, 0.25) is 0 Å². The Kier molecular flexibility index (Phi) is 5.82. The van der Waals surface area contributed by atoms with Gasteiger partial charge in [0, 0.05) is 13.1 Å². The minimum atomic E-state index is 0.0799. The van der Waals surface area contributed by atoms with Crippen LogP contribution in [0.1, 0.15) is 13.8 Å². The highest BCUT2D eigenvalue weighted by Gasteiger charge is 2.18. The zero-order valence-corrected chi connectivity index (χ0v) is 13.1. The molecule has 0 fully saturated rings. The van der Waals surface area contributed by atoms with Crippen molar-refractivity contribution in [3.8, 4) is 5.75 Å². The first-order valence-corrected chi connectivity index (χ1v) is 6.69. The number of nitrogens with zero attached hydrogens (tertiary/aromatic N) is 2. The molecule has 0 saturated carbocycles. The fourth-order valence-corrected chi connectivity index (χ4v) is 2.13. The molecule has 0 atom stereocenters. The Morgan fingerprint density at radius 2 is 2.00 bits per heavy atom. The van der Waals surface area contributed by atoms with Gasteiger partial charge in [-0.15, -0.1) is 0 Å². The molecule has 0 aromatic heterocycles. The van der Waals surface area contributed by atoms with Gasteiger partial charge in [-0.2, -0.15) is 0 Å². The molecule has 3 N–H and O–H groups in total. The first kappa shape index (κ1) is 16.3. The number of rotatable bonds is 6. The molecule has 0 aliphatic carbocycles. The number of nitrogens with two attached hydrogens (primary N) is 1. The standard InChI is InChI=1S/C15H26N4O/c1-15(2,11-19(3)4)10-17-14(16)18-12-8-6-7-9-13(12)20-5/h6-9H,10-11H2,1-5H3,(H3,16,17,18). The predicted molar refractivity (Wildman–Crippen MR) is 85.4 cm³/mol. The van der Waals surface area contributed by atoms with E-state index in [1.165, 1.54) is 0 Å². The minimum absolute atomic E-state index is 0.0799. The molecule has 0 aliphatic rings. The second kappa shape index (κ2) is 7.14. The number of para-hydroxylation sites is 2. The molecular weight excluding hydrogens is 252 g/mol. The van der Waals surface area contributed by atoms with Crippen LogP contribution in [0.15, 0.2) is 29.3 Å². The average Bonchev–Trinajstić information content (AvgIpc) is 2.36. The Bertz CT molecular complexity index is 455. The quantitative estimate of drug-likeness (QED) is 0.617. The maximum absolute atomic E-state index is 5.94. The third kappa shape index (κ3) is 5.48. The molecule has 1 rings (SSSR count). The van der Waals surface area contributed by atoms with Crippen LogP contribution in [0.5, 0.6) is 5.75 Å². The number of hydrogen-bond acceptors (Lipinski definition) is 3. The van der Waals surface area contributed by atoms with Gasteiger partial charge in [0.25, 0.3) is 0 Å². The summed E-state index contributed by atoms with van der Waals surface area (Å²) < 4.78 is 5.26. The summed E-state index contributed by atoms with van der Waals surface area (Å²) in [5.74, 6) is 1.15. The van der Waals surface area contributed by atoms with Crippen molar-refractivity contribution < 1.29 is 4.74 Å². The topological polar surface area (TPSA) is 62.9 Å². The molecule has 5 heteroatoms. The molecular formula is C15H26N4O. The van der Waals surface area contributed by atoms with Crippen LogP contribution in [-0.4, -0.2) is 45.2 Å². The Hall–Kier alpha value is -1.75. The second-order valence-electron chi connectivity index (χ2n) is 5.93.